The van der Waals surface area contributed by atoms with E-state index in [0.29, 0.717) is 22.1 Å². The number of rotatable bonds is 6. The number of nitrogens with one attached hydrogen (secondary N) is 1. The standard InChI is InChI=1S/C19H21Br2NO4/c1-11-3-5-14(6-4-11)22-19(25)26-18(12(2)7-8-23)15-9-13(20)10-16(21)17(15)24/h3-6,9-10,12,18,23-24H,7-8H2,1-2H3,(H,22,25)/t12-,18-/m1/s1. The summed E-state index contributed by atoms with van der Waals surface area (Å²) in [7, 11) is 0. The predicted octanol–water partition coefficient (Wildman–Crippen LogP) is 5.53. The number of benzene rings is 2. The number of aromatic hydroxyl groups is 1. The molecule has 2 atom stereocenters. The number of hydrogen-bond donors (Lipinski definition) is 3. The summed E-state index contributed by atoms with van der Waals surface area (Å²) in [6.45, 7) is 3.77. The minimum atomic E-state index is -0.721. The number of ether oxygens (including phenoxy) is 1. The summed E-state index contributed by atoms with van der Waals surface area (Å²) in [6, 6.07) is 10.8. The molecule has 2 aromatic carbocycles. The molecule has 1 amide bonds. The first-order chi connectivity index (χ1) is 12.3. The topological polar surface area (TPSA) is 78.8 Å². The molecule has 0 aliphatic carbocycles. The second-order valence-electron chi connectivity index (χ2n) is 6.13. The number of carbonyl (C=O) groups is 1. The molecule has 2 aromatic rings. The molecule has 0 saturated carbocycles. The number of phenols is 1. The number of anilines is 1. The van der Waals surface area contributed by atoms with Crippen LogP contribution in [0.5, 0.6) is 5.75 Å². The lowest BCUT2D eigenvalue weighted by Crippen LogP contribution is -2.22. The summed E-state index contributed by atoms with van der Waals surface area (Å²) in [5.41, 5.74) is 2.17. The van der Waals surface area contributed by atoms with Gasteiger partial charge in [0.25, 0.3) is 0 Å². The van der Waals surface area contributed by atoms with E-state index in [9.17, 15) is 15.0 Å². The molecule has 0 heterocycles. The van der Waals surface area contributed by atoms with Crippen molar-refractivity contribution in [3.8, 4) is 5.75 Å². The van der Waals surface area contributed by atoms with Crippen LogP contribution in [0.1, 0.15) is 30.6 Å². The van der Waals surface area contributed by atoms with Crippen LogP contribution >= 0.6 is 31.9 Å². The van der Waals surface area contributed by atoms with Crippen LogP contribution in [0.3, 0.4) is 0 Å². The van der Waals surface area contributed by atoms with Gasteiger partial charge in [0.2, 0.25) is 0 Å². The lowest BCUT2D eigenvalue weighted by Gasteiger charge is -2.25. The van der Waals surface area contributed by atoms with Crippen LogP contribution in [-0.2, 0) is 4.74 Å². The maximum absolute atomic E-state index is 12.4. The predicted molar refractivity (Wildman–Crippen MR) is 108 cm³/mol. The Morgan fingerprint density at radius 1 is 1.23 bits per heavy atom. The van der Waals surface area contributed by atoms with E-state index < -0.39 is 12.2 Å². The third-order valence-corrected chi connectivity index (χ3v) is 5.06. The Kier molecular flexibility index (Phi) is 7.49. The molecule has 0 spiro atoms. The van der Waals surface area contributed by atoms with E-state index >= 15 is 0 Å². The molecule has 0 aromatic heterocycles. The van der Waals surface area contributed by atoms with Crippen molar-refractivity contribution in [3.05, 3.63) is 56.5 Å². The maximum Gasteiger partial charge on any atom is 0.412 e. The molecule has 2 rings (SSSR count). The largest absolute Gasteiger partial charge is 0.506 e. The molecular formula is C19H21Br2NO4. The molecule has 26 heavy (non-hydrogen) atoms. The van der Waals surface area contributed by atoms with Gasteiger partial charge in [0.15, 0.2) is 0 Å². The highest BCUT2D eigenvalue weighted by atomic mass is 79.9. The van der Waals surface area contributed by atoms with Crippen molar-refractivity contribution in [1.29, 1.82) is 0 Å². The van der Waals surface area contributed by atoms with Crippen LogP contribution < -0.4 is 5.32 Å². The van der Waals surface area contributed by atoms with Crippen molar-refractivity contribution in [2.45, 2.75) is 26.4 Å². The van der Waals surface area contributed by atoms with Crippen LogP contribution in [0.25, 0.3) is 0 Å². The first-order valence-electron chi connectivity index (χ1n) is 8.15. The molecule has 5 nitrogen and oxygen atoms in total. The molecule has 3 N–H and O–H groups in total. The first-order valence-corrected chi connectivity index (χ1v) is 9.73. The molecular weight excluding hydrogens is 466 g/mol. The summed E-state index contributed by atoms with van der Waals surface area (Å²) in [5, 5.41) is 22.4. The Hall–Kier alpha value is -1.57. The smallest absolute Gasteiger partial charge is 0.412 e. The third-order valence-electron chi connectivity index (χ3n) is 4.00. The molecule has 0 unspecified atom stereocenters. The minimum absolute atomic E-state index is 0.00567. The summed E-state index contributed by atoms with van der Waals surface area (Å²) >= 11 is 6.68. The number of halogens is 2. The van der Waals surface area contributed by atoms with Crippen molar-refractivity contribution < 1.29 is 19.7 Å². The average Bonchev–Trinajstić information content (AvgIpc) is 2.58. The van der Waals surface area contributed by atoms with Gasteiger partial charge in [0, 0.05) is 22.3 Å². The molecule has 7 heteroatoms. The van der Waals surface area contributed by atoms with E-state index in [0.717, 1.165) is 10.0 Å². The highest BCUT2D eigenvalue weighted by Crippen LogP contribution is 2.40. The number of amides is 1. The Morgan fingerprint density at radius 2 is 1.88 bits per heavy atom. The average molecular weight is 487 g/mol. The van der Waals surface area contributed by atoms with Crippen molar-refractivity contribution >= 4 is 43.6 Å². The Labute approximate surface area is 169 Å². The number of aliphatic hydroxyl groups excluding tert-OH is 1. The zero-order chi connectivity index (χ0) is 19.3. The van der Waals surface area contributed by atoms with Crippen LogP contribution in [-0.4, -0.2) is 22.9 Å². The van der Waals surface area contributed by atoms with Crippen LogP contribution in [0.15, 0.2) is 45.3 Å². The summed E-state index contributed by atoms with van der Waals surface area (Å²) in [6.07, 6.45) is -0.924. The van der Waals surface area contributed by atoms with E-state index in [-0.39, 0.29) is 18.3 Å². The molecule has 140 valence electrons. The van der Waals surface area contributed by atoms with Crippen LogP contribution in [0.4, 0.5) is 10.5 Å². The number of phenolic OH excluding ortho intramolecular Hbond substituents is 1. The lowest BCUT2D eigenvalue weighted by molar-refractivity contribution is 0.0651. The molecule has 0 bridgehead atoms. The van der Waals surface area contributed by atoms with E-state index in [4.69, 9.17) is 4.74 Å². The fraction of sp³-hybridized carbons (Fsp3) is 0.316. The fourth-order valence-electron chi connectivity index (χ4n) is 2.54. The van der Waals surface area contributed by atoms with Crippen LogP contribution in [0.2, 0.25) is 0 Å². The molecule has 0 saturated heterocycles. The van der Waals surface area contributed by atoms with Gasteiger partial charge in [-0.15, -0.1) is 0 Å². The molecule has 0 aliphatic rings. The molecule has 0 radical (unpaired) electrons. The van der Waals surface area contributed by atoms with Gasteiger partial charge >= 0.3 is 6.09 Å². The zero-order valence-corrected chi connectivity index (χ0v) is 17.7. The SMILES string of the molecule is Cc1ccc(NC(=O)O[C@@H](c2cc(Br)cc(Br)c2O)[C@H](C)CCO)cc1. The van der Waals surface area contributed by atoms with Gasteiger partial charge in [0.05, 0.1) is 4.47 Å². The van der Waals surface area contributed by atoms with Crippen LogP contribution in [0, 0.1) is 12.8 Å². The van der Waals surface area contributed by atoms with E-state index in [1.807, 2.05) is 26.0 Å². The normalized spacial score (nSPS) is 13.1. The summed E-state index contributed by atoms with van der Waals surface area (Å²) in [4.78, 5) is 12.4. The van der Waals surface area contributed by atoms with Crippen molar-refractivity contribution in [2.75, 3.05) is 11.9 Å². The molecule has 0 aliphatic heterocycles. The Morgan fingerprint density at radius 3 is 2.50 bits per heavy atom. The fourth-order valence-corrected chi connectivity index (χ4v) is 3.80. The van der Waals surface area contributed by atoms with Gasteiger partial charge in [-0.3, -0.25) is 5.32 Å². The quantitative estimate of drug-likeness (QED) is 0.501. The highest BCUT2D eigenvalue weighted by Gasteiger charge is 2.27. The number of carbonyl (C=O) groups excluding carboxylic acids is 1. The van der Waals surface area contributed by atoms with E-state index in [2.05, 4.69) is 37.2 Å². The summed E-state index contributed by atoms with van der Waals surface area (Å²) < 4.78 is 6.84. The monoisotopic (exact) mass is 485 g/mol. The second kappa shape index (κ2) is 9.39. The minimum Gasteiger partial charge on any atom is -0.506 e. The van der Waals surface area contributed by atoms with Gasteiger partial charge in [-0.25, -0.2) is 4.79 Å². The Balaban J connectivity index is 2.25. The second-order valence-corrected chi connectivity index (χ2v) is 7.90. The first kappa shape index (κ1) is 20.7. The van der Waals surface area contributed by atoms with Gasteiger partial charge in [0.1, 0.15) is 11.9 Å². The van der Waals surface area contributed by atoms with E-state index in [1.54, 1.807) is 24.3 Å². The third kappa shape index (κ3) is 5.46. The van der Waals surface area contributed by atoms with Gasteiger partial charge in [-0.1, -0.05) is 40.5 Å². The van der Waals surface area contributed by atoms with Gasteiger partial charge in [-0.05, 0) is 59.5 Å². The van der Waals surface area contributed by atoms with Crippen molar-refractivity contribution in [1.82, 2.24) is 0 Å². The number of aryl methyl sites for hydroxylation is 1. The van der Waals surface area contributed by atoms with Crippen molar-refractivity contribution in [2.24, 2.45) is 5.92 Å². The number of aliphatic hydroxyl groups is 1. The Bertz CT molecular complexity index is 765. The zero-order valence-electron chi connectivity index (χ0n) is 14.5. The molecule has 0 fully saturated rings. The van der Waals surface area contributed by atoms with E-state index in [1.165, 1.54) is 0 Å². The van der Waals surface area contributed by atoms with Crippen molar-refractivity contribution in [3.63, 3.8) is 0 Å². The number of hydrogen-bond acceptors (Lipinski definition) is 4. The lowest BCUT2D eigenvalue weighted by atomic mass is 9.94. The van der Waals surface area contributed by atoms with Gasteiger partial charge in [-0.2, -0.15) is 0 Å². The summed E-state index contributed by atoms with van der Waals surface area (Å²) in [5.74, 6) is -0.193. The highest BCUT2D eigenvalue weighted by molar-refractivity contribution is 9.11. The maximum atomic E-state index is 12.4. The van der Waals surface area contributed by atoms with Gasteiger partial charge < -0.3 is 14.9 Å².